The summed E-state index contributed by atoms with van der Waals surface area (Å²) in [6, 6.07) is 0. The zero-order valence-corrected chi connectivity index (χ0v) is 11.2. The molecule has 1 fully saturated rings. The van der Waals surface area contributed by atoms with Crippen LogP contribution in [-0.2, 0) is 10.2 Å². The van der Waals surface area contributed by atoms with Gasteiger partial charge in [0.1, 0.15) is 0 Å². The molecule has 0 unspecified atom stereocenters. The van der Waals surface area contributed by atoms with E-state index in [9.17, 15) is 8.42 Å². The van der Waals surface area contributed by atoms with E-state index in [1.807, 2.05) is 14.0 Å². The first kappa shape index (κ1) is 13.9. The molecule has 0 bridgehead atoms. The van der Waals surface area contributed by atoms with Crippen LogP contribution in [0, 0.1) is 0 Å². The molecule has 0 spiro atoms. The highest BCUT2D eigenvalue weighted by Crippen LogP contribution is 2.22. The first-order valence-electron chi connectivity index (χ1n) is 5.87. The Morgan fingerprint density at radius 3 is 2.31 bits per heavy atom. The van der Waals surface area contributed by atoms with Gasteiger partial charge in [0.25, 0.3) is 10.2 Å². The summed E-state index contributed by atoms with van der Waals surface area (Å²) in [7, 11) is -1.32. The Morgan fingerprint density at radius 2 is 1.88 bits per heavy atom. The van der Waals surface area contributed by atoms with Crippen molar-refractivity contribution in [2.24, 2.45) is 0 Å². The lowest BCUT2D eigenvalue weighted by Gasteiger charge is -2.38. The van der Waals surface area contributed by atoms with Crippen LogP contribution in [0.5, 0.6) is 0 Å². The topological polar surface area (TPSA) is 61.4 Å². The van der Waals surface area contributed by atoms with Crippen molar-refractivity contribution >= 4 is 10.2 Å². The highest BCUT2D eigenvalue weighted by Gasteiger charge is 2.33. The maximum atomic E-state index is 11.8. The molecule has 1 saturated heterocycles. The van der Waals surface area contributed by atoms with E-state index in [2.05, 4.69) is 17.0 Å². The fourth-order valence-electron chi connectivity index (χ4n) is 1.79. The third-order valence-electron chi connectivity index (χ3n) is 3.30. The molecule has 5 nitrogen and oxygen atoms in total. The molecule has 1 heterocycles. The summed E-state index contributed by atoms with van der Waals surface area (Å²) >= 11 is 0. The molecule has 0 aliphatic carbocycles. The lowest BCUT2D eigenvalue weighted by atomic mass is 9.91. The number of nitrogens with one attached hydrogen (secondary N) is 2. The average molecular weight is 249 g/mol. The van der Waals surface area contributed by atoms with Gasteiger partial charge in [0.15, 0.2) is 0 Å². The van der Waals surface area contributed by atoms with E-state index >= 15 is 0 Å². The van der Waals surface area contributed by atoms with Crippen LogP contribution in [0.25, 0.3) is 0 Å². The number of hydrogen-bond donors (Lipinski definition) is 2. The Hall–Kier alpha value is -0.170. The molecule has 0 aromatic rings. The van der Waals surface area contributed by atoms with E-state index in [1.54, 1.807) is 4.31 Å². The Labute approximate surface area is 98.8 Å². The van der Waals surface area contributed by atoms with Crippen molar-refractivity contribution in [2.45, 2.75) is 38.6 Å². The molecule has 96 valence electrons. The standard InChI is InChI=1S/C10H23N3O2S/c1-4-7-12-16(14,15)13-8-5-10(2,11-3)6-9-13/h11-12H,4-9H2,1-3H3. The van der Waals surface area contributed by atoms with Crippen LogP contribution in [0.3, 0.4) is 0 Å². The van der Waals surface area contributed by atoms with Gasteiger partial charge in [0.2, 0.25) is 0 Å². The third-order valence-corrected chi connectivity index (χ3v) is 4.92. The van der Waals surface area contributed by atoms with Crippen molar-refractivity contribution in [1.82, 2.24) is 14.3 Å². The van der Waals surface area contributed by atoms with E-state index in [0.29, 0.717) is 19.6 Å². The van der Waals surface area contributed by atoms with Gasteiger partial charge >= 0.3 is 0 Å². The minimum absolute atomic E-state index is 0.0801. The molecule has 0 atom stereocenters. The lowest BCUT2D eigenvalue weighted by Crippen LogP contribution is -2.53. The van der Waals surface area contributed by atoms with Gasteiger partial charge in [-0.15, -0.1) is 0 Å². The van der Waals surface area contributed by atoms with Gasteiger partial charge in [0, 0.05) is 25.2 Å². The monoisotopic (exact) mass is 249 g/mol. The molecular formula is C10H23N3O2S. The number of hydrogen-bond acceptors (Lipinski definition) is 3. The van der Waals surface area contributed by atoms with Gasteiger partial charge < -0.3 is 5.32 Å². The van der Waals surface area contributed by atoms with Crippen molar-refractivity contribution in [3.63, 3.8) is 0 Å². The fraction of sp³-hybridized carbons (Fsp3) is 1.00. The highest BCUT2D eigenvalue weighted by molar-refractivity contribution is 7.87. The predicted molar refractivity (Wildman–Crippen MR) is 65.5 cm³/mol. The van der Waals surface area contributed by atoms with E-state index in [-0.39, 0.29) is 5.54 Å². The SMILES string of the molecule is CCCNS(=O)(=O)N1CCC(C)(NC)CC1. The molecular weight excluding hydrogens is 226 g/mol. The van der Waals surface area contributed by atoms with Crippen LogP contribution in [0.15, 0.2) is 0 Å². The number of piperidine rings is 1. The first-order chi connectivity index (χ1) is 7.43. The van der Waals surface area contributed by atoms with Gasteiger partial charge in [-0.05, 0) is 33.2 Å². The van der Waals surface area contributed by atoms with Gasteiger partial charge in [-0.1, -0.05) is 6.92 Å². The molecule has 0 aromatic heterocycles. The molecule has 0 aromatic carbocycles. The van der Waals surface area contributed by atoms with Crippen molar-refractivity contribution in [1.29, 1.82) is 0 Å². The molecule has 0 radical (unpaired) electrons. The minimum atomic E-state index is -3.25. The largest absolute Gasteiger partial charge is 0.314 e. The predicted octanol–water partition coefficient (Wildman–Crippen LogP) is 0.305. The summed E-state index contributed by atoms with van der Waals surface area (Å²) in [4.78, 5) is 0. The first-order valence-corrected chi connectivity index (χ1v) is 7.31. The van der Waals surface area contributed by atoms with Gasteiger partial charge in [-0.2, -0.15) is 12.7 Å². The maximum absolute atomic E-state index is 11.8. The molecule has 2 N–H and O–H groups in total. The summed E-state index contributed by atoms with van der Waals surface area (Å²) in [6.07, 6.45) is 2.54. The summed E-state index contributed by atoms with van der Waals surface area (Å²) in [6.45, 7) is 5.79. The van der Waals surface area contributed by atoms with E-state index in [4.69, 9.17) is 0 Å². The lowest BCUT2D eigenvalue weighted by molar-refractivity contribution is 0.218. The average Bonchev–Trinajstić information content (AvgIpc) is 2.27. The molecule has 1 rings (SSSR count). The Morgan fingerprint density at radius 1 is 1.31 bits per heavy atom. The zero-order chi connectivity index (χ0) is 12.2. The second kappa shape index (κ2) is 5.44. The molecule has 6 heteroatoms. The van der Waals surface area contributed by atoms with E-state index in [0.717, 1.165) is 19.3 Å². The van der Waals surface area contributed by atoms with E-state index < -0.39 is 10.2 Å². The van der Waals surface area contributed by atoms with Crippen LogP contribution in [0.1, 0.15) is 33.1 Å². The summed E-state index contributed by atoms with van der Waals surface area (Å²) in [5.41, 5.74) is 0.0801. The normalized spacial score (nSPS) is 22.2. The summed E-state index contributed by atoms with van der Waals surface area (Å²) < 4.78 is 27.8. The fourth-order valence-corrected chi connectivity index (χ4v) is 3.10. The minimum Gasteiger partial charge on any atom is -0.314 e. The molecule has 0 saturated carbocycles. The van der Waals surface area contributed by atoms with Crippen molar-refractivity contribution < 1.29 is 8.42 Å². The molecule has 16 heavy (non-hydrogen) atoms. The van der Waals surface area contributed by atoms with Crippen LogP contribution >= 0.6 is 0 Å². The maximum Gasteiger partial charge on any atom is 0.279 e. The van der Waals surface area contributed by atoms with Crippen LogP contribution in [-0.4, -0.2) is 44.9 Å². The van der Waals surface area contributed by atoms with Crippen LogP contribution in [0.4, 0.5) is 0 Å². The number of rotatable bonds is 5. The summed E-state index contributed by atoms with van der Waals surface area (Å²) in [5.74, 6) is 0. The van der Waals surface area contributed by atoms with Gasteiger partial charge in [-0.3, -0.25) is 0 Å². The van der Waals surface area contributed by atoms with Crippen molar-refractivity contribution in [3.8, 4) is 0 Å². The Kier molecular flexibility index (Phi) is 4.73. The number of nitrogens with zero attached hydrogens (tertiary/aromatic N) is 1. The van der Waals surface area contributed by atoms with Gasteiger partial charge in [-0.25, -0.2) is 4.72 Å². The third kappa shape index (κ3) is 3.41. The molecule has 1 aliphatic rings. The highest BCUT2D eigenvalue weighted by atomic mass is 32.2. The van der Waals surface area contributed by atoms with Crippen LogP contribution < -0.4 is 10.0 Å². The Balaban J connectivity index is 2.53. The Bertz CT molecular complexity index is 308. The van der Waals surface area contributed by atoms with E-state index in [1.165, 1.54) is 0 Å². The van der Waals surface area contributed by atoms with Crippen LogP contribution in [0.2, 0.25) is 0 Å². The van der Waals surface area contributed by atoms with Gasteiger partial charge in [0.05, 0.1) is 0 Å². The summed E-state index contributed by atoms with van der Waals surface area (Å²) in [5, 5.41) is 3.25. The quantitative estimate of drug-likeness (QED) is 0.737. The second-order valence-electron chi connectivity index (χ2n) is 4.61. The molecule has 1 aliphatic heterocycles. The second-order valence-corrected chi connectivity index (χ2v) is 6.36. The zero-order valence-electron chi connectivity index (χ0n) is 10.4. The van der Waals surface area contributed by atoms with Crippen molar-refractivity contribution in [2.75, 3.05) is 26.7 Å². The van der Waals surface area contributed by atoms with Crippen molar-refractivity contribution in [3.05, 3.63) is 0 Å². The smallest absolute Gasteiger partial charge is 0.279 e. The molecule has 0 amide bonds.